The van der Waals surface area contributed by atoms with Gasteiger partial charge < -0.3 is 10.2 Å². The minimum Gasteiger partial charge on any atom is -0.323 e. The molecule has 4 rings (SSSR count). The molecule has 2 aliphatic rings. The predicted molar refractivity (Wildman–Crippen MR) is 136 cm³/mol. The highest BCUT2D eigenvalue weighted by Crippen LogP contribution is 2.35. The summed E-state index contributed by atoms with van der Waals surface area (Å²) in [5.74, 6) is -1.83. The summed E-state index contributed by atoms with van der Waals surface area (Å²) in [6.07, 6.45) is 1.65. The number of thioether (sulfide) groups is 1. The largest absolute Gasteiger partial charge is 0.323 e. The number of halogens is 2. The van der Waals surface area contributed by atoms with Crippen LogP contribution >= 0.6 is 11.8 Å². The topological polar surface area (TPSA) is 57.1 Å². The highest BCUT2D eigenvalue weighted by Gasteiger charge is 2.39. The lowest BCUT2D eigenvalue weighted by Gasteiger charge is -2.33. The Bertz CT molecular complexity index is 1130. The van der Waals surface area contributed by atoms with Crippen LogP contribution in [-0.2, 0) is 10.2 Å². The van der Waals surface area contributed by atoms with Gasteiger partial charge in [-0.3, -0.25) is 9.79 Å². The zero-order valence-electron chi connectivity index (χ0n) is 20.0. The van der Waals surface area contributed by atoms with Gasteiger partial charge in [0.05, 0.1) is 17.2 Å². The van der Waals surface area contributed by atoms with Gasteiger partial charge in [0.2, 0.25) is 5.91 Å². The molecule has 8 heteroatoms. The van der Waals surface area contributed by atoms with Crippen molar-refractivity contribution in [2.24, 2.45) is 9.98 Å². The first-order valence-corrected chi connectivity index (χ1v) is 12.4. The quantitative estimate of drug-likeness (QED) is 0.644. The molecule has 5 nitrogen and oxygen atoms in total. The van der Waals surface area contributed by atoms with Gasteiger partial charge in [0.1, 0.15) is 16.7 Å². The minimum absolute atomic E-state index is 0.0428. The van der Waals surface area contributed by atoms with Gasteiger partial charge in [-0.1, -0.05) is 56.8 Å². The highest BCUT2D eigenvalue weighted by molar-refractivity contribution is 8.16. The van der Waals surface area contributed by atoms with Crippen molar-refractivity contribution in [1.82, 2.24) is 4.90 Å². The second kappa shape index (κ2) is 9.58. The molecule has 0 aliphatic carbocycles. The summed E-state index contributed by atoms with van der Waals surface area (Å²) >= 11 is 1.30. The summed E-state index contributed by atoms with van der Waals surface area (Å²) < 4.78 is 27.1. The first kappa shape index (κ1) is 24.5. The van der Waals surface area contributed by atoms with Crippen LogP contribution < -0.4 is 5.32 Å². The van der Waals surface area contributed by atoms with Gasteiger partial charge in [0.25, 0.3) is 0 Å². The summed E-state index contributed by atoms with van der Waals surface area (Å²) in [5, 5.41) is 3.24. The number of anilines is 1. The molecular weight excluding hydrogens is 454 g/mol. The molecule has 0 radical (unpaired) electrons. The molecule has 1 fully saturated rings. The van der Waals surface area contributed by atoms with Crippen LogP contribution in [0.15, 0.2) is 52.4 Å². The standard InChI is InChI=1S/C26H30F2N4OS/c1-25(2,3)18-7-5-17(6-8-18)23-24(31-26(30-23)11-13-32(4)14-12-26)34-16-22(33)29-21-10-9-19(27)15-20(21)28/h5-10,15H,11-14,16H2,1-4H3,(H,29,33). The number of carbonyl (C=O) groups excluding carboxylic acids is 1. The Morgan fingerprint density at radius 2 is 1.76 bits per heavy atom. The number of hydrogen-bond acceptors (Lipinski definition) is 5. The van der Waals surface area contributed by atoms with Crippen molar-refractivity contribution >= 4 is 34.1 Å². The fourth-order valence-electron chi connectivity index (χ4n) is 4.05. The number of benzene rings is 2. The Morgan fingerprint density at radius 1 is 1.09 bits per heavy atom. The Labute approximate surface area is 203 Å². The lowest BCUT2D eigenvalue weighted by Crippen LogP contribution is -2.39. The van der Waals surface area contributed by atoms with Crippen LogP contribution in [0.4, 0.5) is 14.5 Å². The molecule has 2 aliphatic heterocycles. The van der Waals surface area contributed by atoms with Crippen molar-refractivity contribution in [3.05, 3.63) is 65.2 Å². The maximum Gasteiger partial charge on any atom is 0.234 e. The van der Waals surface area contributed by atoms with Gasteiger partial charge in [0, 0.05) is 37.6 Å². The third-order valence-corrected chi connectivity index (χ3v) is 7.15. The molecule has 2 aromatic rings. The number of carbonyl (C=O) groups is 1. The number of nitrogens with one attached hydrogen (secondary N) is 1. The Morgan fingerprint density at radius 3 is 2.38 bits per heavy atom. The molecule has 0 bridgehead atoms. The van der Waals surface area contributed by atoms with Crippen LogP contribution in [-0.4, -0.2) is 53.1 Å². The van der Waals surface area contributed by atoms with Gasteiger partial charge in [0.15, 0.2) is 5.66 Å². The van der Waals surface area contributed by atoms with Crippen LogP contribution in [0.1, 0.15) is 44.7 Å². The van der Waals surface area contributed by atoms with E-state index in [4.69, 9.17) is 9.98 Å². The monoisotopic (exact) mass is 484 g/mol. The summed E-state index contributed by atoms with van der Waals surface area (Å²) in [4.78, 5) is 24.9. The Hall–Kier alpha value is -2.58. The van der Waals surface area contributed by atoms with E-state index in [2.05, 4.69) is 62.3 Å². The molecule has 1 saturated heterocycles. The lowest BCUT2D eigenvalue weighted by atomic mass is 9.86. The second-order valence-corrected chi connectivity index (χ2v) is 10.9. The van der Waals surface area contributed by atoms with Crippen molar-refractivity contribution in [2.75, 3.05) is 31.2 Å². The minimum atomic E-state index is -0.803. The maximum atomic E-state index is 13.9. The summed E-state index contributed by atoms with van der Waals surface area (Å²) in [5.41, 5.74) is 2.52. The molecular formula is C26H30F2N4OS. The number of amides is 1. The van der Waals surface area contributed by atoms with E-state index in [1.165, 1.54) is 23.4 Å². The molecule has 34 heavy (non-hydrogen) atoms. The summed E-state index contributed by atoms with van der Waals surface area (Å²) in [6.45, 7) is 8.34. The first-order chi connectivity index (χ1) is 16.0. The van der Waals surface area contributed by atoms with E-state index in [0.29, 0.717) is 0 Å². The van der Waals surface area contributed by atoms with Crippen molar-refractivity contribution in [1.29, 1.82) is 0 Å². The molecule has 2 aromatic carbocycles. The Balaban J connectivity index is 1.53. The molecule has 0 aromatic heterocycles. The highest BCUT2D eigenvalue weighted by atomic mass is 32.2. The number of nitrogens with zero attached hydrogens (tertiary/aromatic N) is 3. The van der Waals surface area contributed by atoms with Gasteiger partial charge >= 0.3 is 0 Å². The number of piperidine rings is 1. The number of likely N-dealkylation sites (tertiary alicyclic amines) is 1. The Kier molecular flexibility index (Phi) is 6.92. The summed E-state index contributed by atoms with van der Waals surface area (Å²) in [6, 6.07) is 11.4. The van der Waals surface area contributed by atoms with E-state index < -0.39 is 17.3 Å². The SMILES string of the molecule is CN1CCC2(CC1)N=C(SCC(=O)Nc1ccc(F)cc1F)C(c1ccc(C(C)(C)C)cc1)=N2. The zero-order valence-corrected chi connectivity index (χ0v) is 20.8. The smallest absolute Gasteiger partial charge is 0.234 e. The van der Waals surface area contributed by atoms with Crippen molar-refractivity contribution in [2.45, 2.75) is 44.7 Å². The van der Waals surface area contributed by atoms with E-state index in [9.17, 15) is 13.6 Å². The molecule has 1 amide bonds. The second-order valence-electron chi connectivity index (χ2n) is 9.95. The van der Waals surface area contributed by atoms with Crippen molar-refractivity contribution < 1.29 is 13.6 Å². The van der Waals surface area contributed by atoms with E-state index in [1.807, 2.05) is 0 Å². The van der Waals surface area contributed by atoms with Gasteiger partial charge in [-0.2, -0.15) is 0 Å². The first-order valence-electron chi connectivity index (χ1n) is 11.4. The number of aliphatic imine (C=N–C) groups is 2. The molecule has 0 atom stereocenters. The molecule has 0 unspecified atom stereocenters. The number of rotatable bonds is 4. The fourth-order valence-corrected chi connectivity index (χ4v) is 4.93. The number of hydrogen-bond donors (Lipinski definition) is 1. The third-order valence-electron chi connectivity index (χ3n) is 6.19. The van der Waals surface area contributed by atoms with Gasteiger partial charge in [-0.25, -0.2) is 13.8 Å². The normalized spacial score (nSPS) is 18.1. The summed E-state index contributed by atoms with van der Waals surface area (Å²) in [7, 11) is 2.09. The van der Waals surface area contributed by atoms with Crippen LogP contribution in [0.3, 0.4) is 0 Å². The van der Waals surface area contributed by atoms with Crippen LogP contribution in [0, 0.1) is 11.6 Å². The van der Waals surface area contributed by atoms with Crippen molar-refractivity contribution in [3.63, 3.8) is 0 Å². The van der Waals surface area contributed by atoms with Crippen LogP contribution in [0.5, 0.6) is 0 Å². The van der Waals surface area contributed by atoms with Crippen molar-refractivity contribution in [3.8, 4) is 0 Å². The zero-order chi connectivity index (χ0) is 24.5. The molecule has 1 spiro atoms. The average Bonchev–Trinajstić information content (AvgIpc) is 3.14. The fraction of sp³-hybridized carbons (Fsp3) is 0.423. The van der Waals surface area contributed by atoms with E-state index in [1.54, 1.807) is 0 Å². The van der Waals surface area contributed by atoms with Gasteiger partial charge in [-0.05, 0) is 30.2 Å². The molecule has 2 heterocycles. The molecule has 1 N–H and O–H groups in total. The third kappa shape index (κ3) is 5.55. The average molecular weight is 485 g/mol. The van der Waals surface area contributed by atoms with Crippen LogP contribution in [0.2, 0.25) is 0 Å². The van der Waals surface area contributed by atoms with E-state index in [0.717, 1.165) is 54.4 Å². The van der Waals surface area contributed by atoms with Crippen LogP contribution in [0.25, 0.3) is 0 Å². The molecule has 180 valence electrons. The van der Waals surface area contributed by atoms with Gasteiger partial charge in [-0.15, -0.1) is 0 Å². The van der Waals surface area contributed by atoms with E-state index >= 15 is 0 Å². The maximum absolute atomic E-state index is 13.9. The predicted octanol–water partition coefficient (Wildman–Crippen LogP) is 5.26. The lowest BCUT2D eigenvalue weighted by molar-refractivity contribution is -0.113. The molecule has 0 saturated carbocycles. The van der Waals surface area contributed by atoms with E-state index in [-0.39, 0.29) is 22.8 Å².